The molecule has 1 saturated heterocycles. The molecule has 0 radical (unpaired) electrons. The number of amides is 2. The molecule has 110 valence electrons. The second-order valence-corrected chi connectivity index (χ2v) is 6.86. The minimum atomic E-state index is -3.86. The van der Waals surface area contributed by atoms with Gasteiger partial charge in [0, 0.05) is 6.61 Å². The molecule has 1 unspecified atom stereocenters. The van der Waals surface area contributed by atoms with Crippen LogP contribution < -0.4 is 11.1 Å². The lowest BCUT2D eigenvalue weighted by Crippen LogP contribution is -2.23. The van der Waals surface area contributed by atoms with Crippen molar-refractivity contribution in [2.45, 2.75) is 16.6 Å². The van der Waals surface area contributed by atoms with Gasteiger partial charge in [-0.25, -0.2) is 13.2 Å². The lowest BCUT2D eigenvalue weighted by Gasteiger charge is -2.15. The Morgan fingerprint density at radius 1 is 1.50 bits per heavy atom. The molecule has 1 heterocycles. The van der Waals surface area contributed by atoms with E-state index in [0.29, 0.717) is 13.0 Å². The molecule has 1 aliphatic rings. The fourth-order valence-corrected chi connectivity index (χ4v) is 4.18. The van der Waals surface area contributed by atoms with E-state index in [4.69, 9.17) is 22.1 Å². The molecular formula is C11H13ClN2O5S. The lowest BCUT2D eigenvalue weighted by molar-refractivity contribution is 0.198. The highest BCUT2D eigenvalue weighted by atomic mass is 35.5. The predicted molar refractivity (Wildman–Crippen MR) is 72.7 cm³/mol. The van der Waals surface area contributed by atoms with Gasteiger partial charge in [0.1, 0.15) is 4.90 Å². The molecule has 2 rings (SSSR count). The van der Waals surface area contributed by atoms with Crippen LogP contribution in [0, 0.1) is 0 Å². The third kappa shape index (κ3) is 2.67. The molecule has 0 bridgehead atoms. The van der Waals surface area contributed by atoms with Crippen molar-refractivity contribution in [3.8, 4) is 5.75 Å². The number of urea groups is 1. The summed E-state index contributed by atoms with van der Waals surface area (Å²) in [5.74, 6) is -0.622. The van der Waals surface area contributed by atoms with Crippen LogP contribution in [-0.4, -0.2) is 38.0 Å². The zero-order valence-electron chi connectivity index (χ0n) is 10.3. The lowest BCUT2D eigenvalue weighted by atomic mass is 10.3. The van der Waals surface area contributed by atoms with Gasteiger partial charge in [-0.3, -0.25) is 0 Å². The summed E-state index contributed by atoms with van der Waals surface area (Å²) in [7, 11) is -3.86. The van der Waals surface area contributed by atoms with Gasteiger partial charge in [0.25, 0.3) is 0 Å². The highest BCUT2D eigenvalue weighted by Crippen LogP contribution is 2.39. The second kappa shape index (κ2) is 5.47. The van der Waals surface area contributed by atoms with Crippen LogP contribution in [-0.2, 0) is 14.6 Å². The fraction of sp³-hybridized carbons (Fsp3) is 0.364. The minimum Gasteiger partial charge on any atom is -0.504 e. The quantitative estimate of drug-likeness (QED) is 0.720. The third-order valence-corrected chi connectivity index (χ3v) is 5.61. The predicted octanol–water partition coefficient (Wildman–Crippen LogP) is 1.10. The maximum absolute atomic E-state index is 12.4. The first kappa shape index (κ1) is 14.9. The van der Waals surface area contributed by atoms with Crippen molar-refractivity contribution in [1.82, 2.24) is 0 Å². The Morgan fingerprint density at radius 3 is 2.75 bits per heavy atom. The number of primary amides is 1. The standard InChI is InChI=1S/C11H13ClN2O5S/c12-7-1-2-8(14-11(13)16)9(15)10(7)20(17,18)6-3-4-19-5-6/h1-2,6,15H,3-5H2,(H3,13,14,16). The van der Waals surface area contributed by atoms with Gasteiger partial charge in [0.15, 0.2) is 15.6 Å². The minimum absolute atomic E-state index is 0.0472. The molecule has 9 heteroatoms. The number of carbonyl (C=O) groups is 1. The van der Waals surface area contributed by atoms with Gasteiger partial charge < -0.3 is 20.9 Å². The summed E-state index contributed by atoms with van der Waals surface area (Å²) in [6.07, 6.45) is 0.325. The highest BCUT2D eigenvalue weighted by molar-refractivity contribution is 7.92. The topological polar surface area (TPSA) is 119 Å². The molecule has 1 aromatic rings. The smallest absolute Gasteiger partial charge is 0.316 e. The van der Waals surface area contributed by atoms with Gasteiger partial charge in [-0.1, -0.05) is 11.6 Å². The normalized spacial score (nSPS) is 18.9. The number of aromatic hydroxyl groups is 1. The zero-order chi connectivity index (χ0) is 14.9. The van der Waals surface area contributed by atoms with Crippen LogP contribution in [0.3, 0.4) is 0 Å². The van der Waals surface area contributed by atoms with Gasteiger partial charge in [0.2, 0.25) is 0 Å². The molecule has 2 amide bonds. The molecular weight excluding hydrogens is 308 g/mol. The average molecular weight is 321 g/mol. The largest absolute Gasteiger partial charge is 0.504 e. The summed E-state index contributed by atoms with van der Waals surface area (Å²) in [5.41, 5.74) is 4.84. The number of hydrogen-bond acceptors (Lipinski definition) is 5. The number of nitrogens with one attached hydrogen (secondary N) is 1. The molecule has 0 aromatic heterocycles. The van der Waals surface area contributed by atoms with E-state index < -0.39 is 31.8 Å². The van der Waals surface area contributed by atoms with E-state index in [1.54, 1.807) is 0 Å². The Hall–Kier alpha value is -1.51. The summed E-state index contributed by atoms with van der Waals surface area (Å²) in [6.45, 7) is 0.382. The van der Waals surface area contributed by atoms with Gasteiger partial charge in [-0.15, -0.1) is 0 Å². The molecule has 0 aliphatic carbocycles. The van der Waals surface area contributed by atoms with Crippen LogP contribution in [0.5, 0.6) is 5.75 Å². The van der Waals surface area contributed by atoms with E-state index in [2.05, 4.69) is 5.32 Å². The fourth-order valence-electron chi connectivity index (χ4n) is 1.98. The average Bonchev–Trinajstić information content (AvgIpc) is 2.86. The number of rotatable bonds is 3. The first-order valence-electron chi connectivity index (χ1n) is 5.73. The van der Waals surface area contributed by atoms with Crippen molar-refractivity contribution in [3.63, 3.8) is 0 Å². The van der Waals surface area contributed by atoms with Crippen molar-refractivity contribution in [2.24, 2.45) is 5.73 Å². The Bertz CT molecular complexity index is 640. The number of nitrogens with two attached hydrogens (primary N) is 1. The van der Waals surface area contributed by atoms with Crippen LogP contribution >= 0.6 is 11.6 Å². The Morgan fingerprint density at radius 2 is 2.20 bits per heavy atom. The Balaban J connectivity index is 2.52. The molecule has 1 fully saturated rings. The first-order valence-corrected chi connectivity index (χ1v) is 7.66. The monoisotopic (exact) mass is 320 g/mol. The Labute approximate surface area is 120 Å². The van der Waals surface area contributed by atoms with Gasteiger partial charge in [-0.2, -0.15) is 0 Å². The number of benzene rings is 1. The van der Waals surface area contributed by atoms with Crippen molar-refractivity contribution in [3.05, 3.63) is 17.2 Å². The summed E-state index contributed by atoms with van der Waals surface area (Å²) >= 11 is 5.88. The van der Waals surface area contributed by atoms with Crippen molar-refractivity contribution < 1.29 is 23.1 Å². The Kier molecular flexibility index (Phi) is 4.07. The van der Waals surface area contributed by atoms with E-state index in [0.717, 1.165) is 0 Å². The molecule has 0 spiro atoms. The zero-order valence-corrected chi connectivity index (χ0v) is 11.9. The third-order valence-electron chi connectivity index (χ3n) is 2.95. The number of carbonyl (C=O) groups excluding carboxylic acids is 1. The van der Waals surface area contributed by atoms with E-state index in [1.807, 2.05) is 0 Å². The summed E-state index contributed by atoms with van der Waals surface area (Å²) in [5, 5.41) is 11.3. The molecule has 7 nitrogen and oxygen atoms in total. The van der Waals surface area contributed by atoms with Gasteiger partial charge in [-0.05, 0) is 18.6 Å². The molecule has 1 atom stereocenters. The number of phenolic OH excluding ortho intramolecular Hbond substituents is 1. The molecule has 0 saturated carbocycles. The number of sulfone groups is 1. The van der Waals surface area contributed by atoms with E-state index in [1.165, 1.54) is 12.1 Å². The van der Waals surface area contributed by atoms with Crippen LogP contribution in [0.25, 0.3) is 0 Å². The van der Waals surface area contributed by atoms with Crippen LogP contribution in [0.2, 0.25) is 5.02 Å². The van der Waals surface area contributed by atoms with Crippen LogP contribution in [0.4, 0.5) is 10.5 Å². The molecule has 20 heavy (non-hydrogen) atoms. The number of hydrogen-bond donors (Lipinski definition) is 3. The summed E-state index contributed by atoms with van der Waals surface area (Å²) in [6, 6.07) is 1.62. The number of ether oxygens (including phenoxy) is 1. The molecule has 1 aromatic carbocycles. The van der Waals surface area contributed by atoms with E-state index >= 15 is 0 Å². The molecule has 4 N–H and O–H groups in total. The van der Waals surface area contributed by atoms with Crippen molar-refractivity contribution in [1.29, 1.82) is 0 Å². The van der Waals surface area contributed by atoms with Crippen molar-refractivity contribution >= 4 is 33.2 Å². The van der Waals surface area contributed by atoms with Crippen molar-refractivity contribution in [2.75, 3.05) is 18.5 Å². The maximum Gasteiger partial charge on any atom is 0.316 e. The number of phenols is 1. The maximum atomic E-state index is 12.4. The summed E-state index contributed by atoms with van der Waals surface area (Å²) < 4.78 is 29.9. The molecule has 1 aliphatic heterocycles. The van der Waals surface area contributed by atoms with Gasteiger partial charge >= 0.3 is 6.03 Å². The number of halogens is 1. The van der Waals surface area contributed by atoms with E-state index in [9.17, 15) is 18.3 Å². The van der Waals surface area contributed by atoms with E-state index in [-0.39, 0.29) is 17.3 Å². The first-order chi connectivity index (χ1) is 9.34. The number of anilines is 1. The summed E-state index contributed by atoms with van der Waals surface area (Å²) in [4.78, 5) is 10.4. The van der Waals surface area contributed by atoms with Crippen LogP contribution in [0.1, 0.15) is 6.42 Å². The second-order valence-electron chi connectivity index (χ2n) is 4.29. The van der Waals surface area contributed by atoms with Gasteiger partial charge in [0.05, 0.1) is 22.6 Å². The SMILES string of the molecule is NC(=O)Nc1ccc(Cl)c(S(=O)(=O)C2CCOC2)c1O. The van der Waals surface area contributed by atoms with Crippen LogP contribution in [0.15, 0.2) is 17.0 Å². The highest BCUT2D eigenvalue weighted by Gasteiger charge is 2.35.